The Balaban J connectivity index is 3.88. The van der Waals surface area contributed by atoms with Crippen LogP contribution < -0.4 is 11.5 Å². The zero-order valence-electron chi connectivity index (χ0n) is 8.61. The van der Waals surface area contributed by atoms with E-state index in [0.29, 0.717) is 5.84 Å². The molecule has 0 aliphatic carbocycles. The molecule has 0 aliphatic heterocycles. The third kappa shape index (κ3) is 7.63. The van der Waals surface area contributed by atoms with E-state index in [-0.39, 0.29) is 19.4 Å². The van der Waals surface area contributed by atoms with E-state index in [2.05, 4.69) is 4.99 Å². The zero-order valence-corrected chi connectivity index (χ0v) is 8.61. The molecular weight excluding hydrogens is 201 g/mol. The van der Waals surface area contributed by atoms with Crippen LogP contribution in [0.15, 0.2) is 16.9 Å². The summed E-state index contributed by atoms with van der Waals surface area (Å²) >= 11 is 0. The molecule has 86 valence electrons. The Labute approximate surface area is 87.7 Å². The first-order valence-electron chi connectivity index (χ1n) is 4.53. The van der Waals surface area contributed by atoms with E-state index >= 15 is 0 Å². The SMILES string of the molecule is CC(N)=NCC=C(F)CCC(N)C(=O)O. The molecule has 0 aromatic rings. The molecule has 0 heterocycles. The Bertz CT molecular complexity index is 273. The Hall–Kier alpha value is -1.43. The second kappa shape index (κ2) is 6.94. The zero-order chi connectivity index (χ0) is 11.8. The van der Waals surface area contributed by atoms with Crippen LogP contribution in [0.5, 0.6) is 0 Å². The van der Waals surface area contributed by atoms with E-state index in [4.69, 9.17) is 16.6 Å². The van der Waals surface area contributed by atoms with E-state index in [9.17, 15) is 9.18 Å². The Morgan fingerprint density at radius 3 is 2.73 bits per heavy atom. The smallest absolute Gasteiger partial charge is 0.320 e. The molecule has 0 saturated carbocycles. The molecule has 0 saturated heterocycles. The normalized spacial score (nSPS) is 15.1. The number of allylic oxidation sites excluding steroid dienone is 1. The van der Waals surface area contributed by atoms with Crippen molar-refractivity contribution in [3.05, 3.63) is 11.9 Å². The van der Waals surface area contributed by atoms with Gasteiger partial charge in [-0.3, -0.25) is 9.79 Å². The van der Waals surface area contributed by atoms with Gasteiger partial charge in [0.25, 0.3) is 0 Å². The van der Waals surface area contributed by atoms with Gasteiger partial charge in [-0.05, 0) is 19.4 Å². The van der Waals surface area contributed by atoms with Crippen molar-refractivity contribution in [3.63, 3.8) is 0 Å². The average molecular weight is 217 g/mol. The van der Waals surface area contributed by atoms with Gasteiger partial charge in [0.15, 0.2) is 0 Å². The van der Waals surface area contributed by atoms with Crippen LogP contribution in [0.4, 0.5) is 4.39 Å². The highest BCUT2D eigenvalue weighted by atomic mass is 19.1. The number of amidine groups is 1. The maximum absolute atomic E-state index is 13.0. The minimum atomic E-state index is -1.13. The van der Waals surface area contributed by atoms with Crippen molar-refractivity contribution in [1.82, 2.24) is 0 Å². The highest BCUT2D eigenvalue weighted by Crippen LogP contribution is 2.08. The Kier molecular flexibility index (Phi) is 6.28. The quantitative estimate of drug-likeness (QED) is 0.443. The van der Waals surface area contributed by atoms with Crippen LogP contribution in [0.3, 0.4) is 0 Å². The molecular formula is C9H16FN3O2. The minimum Gasteiger partial charge on any atom is -0.480 e. The fourth-order valence-electron chi connectivity index (χ4n) is 0.808. The highest BCUT2D eigenvalue weighted by Gasteiger charge is 2.11. The van der Waals surface area contributed by atoms with E-state index in [1.807, 2.05) is 0 Å². The summed E-state index contributed by atoms with van der Waals surface area (Å²) in [5.74, 6) is -1.17. The summed E-state index contributed by atoms with van der Waals surface area (Å²) in [5.41, 5.74) is 10.4. The molecule has 0 radical (unpaired) electrons. The lowest BCUT2D eigenvalue weighted by Crippen LogP contribution is -2.29. The van der Waals surface area contributed by atoms with Crippen LogP contribution in [0.2, 0.25) is 0 Å². The second-order valence-electron chi connectivity index (χ2n) is 3.12. The standard InChI is InChI=1S/C9H16FN3O2/c1-6(11)13-5-4-7(10)2-3-8(12)9(14)15/h4,8H,2-3,5,12H2,1H3,(H2,11,13)(H,14,15). The molecule has 0 amide bonds. The van der Waals surface area contributed by atoms with Crippen LogP contribution in [0.1, 0.15) is 19.8 Å². The number of nitrogens with zero attached hydrogens (tertiary/aromatic N) is 1. The molecule has 5 N–H and O–H groups in total. The molecule has 5 nitrogen and oxygen atoms in total. The fourth-order valence-corrected chi connectivity index (χ4v) is 0.808. The average Bonchev–Trinajstić information content (AvgIpc) is 2.13. The maximum Gasteiger partial charge on any atom is 0.320 e. The maximum atomic E-state index is 13.0. The molecule has 0 bridgehead atoms. The minimum absolute atomic E-state index is 0.00655. The predicted molar refractivity (Wildman–Crippen MR) is 56.2 cm³/mol. The number of aliphatic imine (C=N–C) groups is 1. The number of aliphatic carboxylic acids is 1. The topological polar surface area (TPSA) is 102 Å². The number of carboxylic acid groups (broad SMARTS) is 1. The molecule has 0 aromatic heterocycles. The largest absolute Gasteiger partial charge is 0.480 e. The lowest BCUT2D eigenvalue weighted by atomic mass is 10.1. The second-order valence-corrected chi connectivity index (χ2v) is 3.12. The molecule has 15 heavy (non-hydrogen) atoms. The van der Waals surface area contributed by atoms with Crippen molar-refractivity contribution in [2.24, 2.45) is 16.5 Å². The van der Waals surface area contributed by atoms with Crippen molar-refractivity contribution in [3.8, 4) is 0 Å². The molecule has 0 fully saturated rings. The van der Waals surface area contributed by atoms with E-state index in [1.54, 1.807) is 6.92 Å². The van der Waals surface area contributed by atoms with Crippen LogP contribution in [-0.2, 0) is 4.79 Å². The summed E-state index contributed by atoms with van der Waals surface area (Å²) in [6.45, 7) is 1.77. The van der Waals surface area contributed by atoms with Gasteiger partial charge in [-0.1, -0.05) is 0 Å². The third-order valence-electron chi connectivity index (χ3n) is 1.66. The Morgan fingerprint density at radius 1 is 1.67 bits per heavy atom. The van der Waals surface area contributed by atoms with Crippen molar-refractivity contribution in [2.45, 2.75) is 25.8 Å². The number of carboxylic acids is 1. The molecule has 6 heteroatoms. The van der Waals surface area contributed by atoms with Crippen molar-refractivity contribution in [2.75, 3.05) is 6.54 Å². The number of nitrogens with two attached hydrogens (primary N) is 2. The van der Waals surface area contributed by atoms with E-state index in [0.717, 1.165) is 0 Å². The van der Waals surface area contributed by atoms with Gasteiger partial charge in [0.1, 0.15) is 6.04 Å². The van der Waals surface area contributed by atoms with Gasteiger partial charge < -0.3 is 16.6 Å². The predicted octanol–water partition coefficient (Wildman–Crippen LogP) is 0.409. The fraction of sp³-hybridized carbons (Fsp3) is 0.556. The first-order chi connectivity index (χ1) is 6.93. The van der Waals surface area contributed by atoms with Crippen LogP contribution in [-0.4, -0.2) is 29.5 Å². The Morgan fingerprint density at radius 2 is 2.27 bits per heavy atom. The third-order valence-corrected chi connectivity index (χ3v) is 1.66. The van der Waals surface area contributed by atoms with Crippen LogP contribution >= 0.6 is 0 Å². The number of hydrogen-bond donors (Lipinski definition) is 3. The summed E-state index contributed by atoms with van der Waals surface area (Å²) in [4.78, 5) is 14.1. The molecule has 1 unspecified atom stereocenters. The lowest BCUT2D eigenvalue weighted by Gasteiger charge is -2.03. The molecule has 0 rings (SSSR count). The number of rotatable bonds is 6. The number of carbonyl (C=O) groups is 1. The molecule has 0 aromatic carbocycles. The van der Waals surface area contributed by atoms with Gasteiger partial charge in [-0.15, -0.1) is 0 Å². The van der Waals surface area contributed by atoms with E-state index in [1.165, 1.54) is 6.08 Å². The van der Waals surface area contributed by atoms with Gasteiger partial charge in [0, 0.05) is 6.42 Å². The first kappa shape index (κ1) is 13.6. The molecule has 0 spiro atoms. The molecule has 1 atom stereocenters. The number of hydrogen-bond acceptors (Lipinski definition) is 3. The summed E-state index contributed by atoms with van der Waals surface area (Å²) < 4.78 is 13.0. The summed E-state index contributed by atoms with van der Waals surface area (Å²) in [6, 6.07) is -1.02. The van der Waals surface area contributed by atoms with Crippen LogP contribution in [0, 0.1) is 0 Å². The monoisotopic (exact) mass is 217 g/mol. The van der Waals surface area contributed by atoms with E-state index < -0.39 is 17.8 Å². The van der Waals surface area contributed by atoms with Crippen LogP contribution in [0.25, 0.3) is 0 Å². The van der Waals surface area contributed by atoms with Crippen molar-refractivity contribution in [1.29, 1.82) is 0 Å². The van der Waals surface area contributed by atoms with Gasteiger partial charge in [0.05, 0.1) is 18.2 Å². The molecule has 0 aliphatic rings. The van der Waals surface area contributed by atoms with Crippen molar-refractivity contribution >= 4 is 11.8 Å². The summed E-state index contributed by atoms with van der Waals surface area (Å²) in [7, 11) is 0. The van der Waals surface area contributed by atoms with Gasteiger partial charge in [-0.25, -0.2) is 4.39 Å². The van der Waals surface area contributed by atoms with Crippen molar-refractivity contribution < 1.29 is 14.3 Å². The van der Waals surface area contributed by atoms with Gasteiger partial charge >= 0.3 is 5.97 Å². The van der Waals surface area contributed by atoms with Gasteiger partial charge in [-0.2, -0.15) is 0 Å². The summed E-state index contributed by atoms with van der Waals surface area (Å²) in [6.07, 6.45) is 1.33. The lowest BCUT2D eigenvalue weighted by molar-refractivity contribution is -0.138. The summed E-state index contributed by atoms with van der Waals surface area (Å²) in [5, 5.41) is 8.44. The highest BCUT2D eigenvalue weighted by molar-refractivity contribution is 5.77. The first-order valence-corrected chi connectivity index (χ1v) is 4.53. The van der Waals surface area contributed by atoms with Gasteiger partial charge in [0.2, 0.25) is 0 Å². The number of halogens is 1.